The van der Waals surface area contributed by atoms with Gasteiger partial charge in [-0.25, -0.2) is 44.9 Å². The standard InChI is InChI=1S/3C45H29N3O/c1-4-11-30(12-5-1)31-19-21-33(22-20-31)44-46-40(32-13-6-2-7-14-32)29-41(47-44)38-26-24-35-27-37(25-23-36(35)28-38)39-17-10-18-42-43(39)48-45(49-42)34-15-8-3-9-16-34;1-4-11-30(12-5-1)31-19-21-33(22-20-31)44-46-41(32-13-6-2-7-14-32)29-42(47-44)38-26-24-35-27-37(25-23-36(35)28-38)39-17-10-18-40-43(39)49-45(48-40)34-15-8-3-9-16-34;1-4-10-30(11-5-1)31-16-18-33(19-17-31)44-46-41(32-12-6-2-7-13-32)29-42(47-44)39-23-22-35-26-36(20-21-37(35)27-39)38-24-25-40-43(28-38)49-45(48-40)34-14-8-3-9-15-34/h3*1-29H. The summed E-state index contributed by atoms with van der Waals surface area (Å²) in [6.07, 6.45) is 0. The highest BCUT2D eigenvalue weighted by Gasteiger charge is 2.22. The number of hydrogen-bond donors (Lipinski definition) is 0. The molecule has 147 heavy (non-hydrogen) atoms. The average molecular weight is 1880 g/mol. The van der Waals surface area contributed by atoms with E-state index in [1.807, 2.05) is 194 Å². The highest BCUT2D eigenvalue weighted by atomic mass is 16.4. The van der Waals surface area contributed by atoms with Gasteiger partial charge < -0.3 is 13.3 Å². The summed E-state index contributed by atoms with van der Waals surface area (Å²) in [5, 5.41) is 6.82. The summed E-state index contributed by atoms with van der Waals surface area (Å²) in [4.78, 5) is 44.8. The highest BCUT2D eigenvalue weighted by molar-refractivity contribution is 6.00. The molecule has 690 valence electrons. The van der Waals surface area contributed by atoms with Crippen LogP contribution in [0.2, 0.25) is 0 Å². The molecule has 0 fully saturated rings. The second kappa shape index (κ2) is 39.6. The topological polar surface area (TPSA) is 155 Å². The van der Waals surface area contributed by atoms with Crippen molar-refractivity contribution in [1.29, 1.82) is 0 Å². The Morgan fingerprint density at radius 2 is 0.381 bits per heavy atom. The first-order valence-corrected chi connectivity index (χ1v) is 49.0. The van der Waals surface area contributed by atoms with E-state index >= 15 is 0 Å². The van der Waals surface area contributed by atoms with E-state index < -0.39 is 0 Å². The number of para-hydroxylation sites is 2. The van der Waals surface area contributed by atoms with Crippen molar-refractivity contribution in [3.05, 3.63) is 528 Å². The minimum absolute atomic E-state index is 0.625. The monoisotopic (exact) mass is 1880 g/mol. The first-order chi connectivity index (χ1) is 72.7. The molecule has 0 aliphatic heterocycles. The van der Waals surface area contributed by atoms with Gasteiger partial charge in [-0.15, -0.1) is 0 Å². The molecule has 0 saturated carbocycles. The van der Waals surface area contributed by atoms with Crippen LogP contribution in [0.5, 0.6) is 0 Å². The predicted molar refractivity (Wildman–Crippen MR) is 599 cm³/mol. The first kappa shape index (κ1) is 88.5. The Morgan fingerprint density at radius 1 is 0.129 bits per heavy atom. The van der Waals surface area contributed by atoms with Crippen molar-refractivity contribution in [3.63, 3.8) is 0 Å². The molecule has 27 aromatic rings. The molecule has 0 aliphatic rings. The van der Waals surface area contributed by atoms with E-state index in [0.29, 0.717) is 35.1 Å². The molecule has 0 spiro atoms. The number of rotatable bonds is 18. The van der Waals surface area contributed by atoms with Crippen molar-refractivity contribution in [2.45, 2.75) is 0 Å². The second-order valence-electron chi connectivity index (χ2n) is 36.3. The van der Waals surface area contributed by atoms with Crippen molar-refractivity contribution < 1.29 is 13.3 Å². The van der Waals surface area contributed by atoms with E-state index in [1.54, 1.807) is 0 Å². The number of oxazole rings is 3. The van der Waals surface area contributed by atoms with E-state index in [0.717, 1.165) is 217 Å². The van der Waals surface area contributed by atoms with Crippen molar-refractivity contribution in [2.75, 3.05) is 0 Å². The van der Waals surface area contributed by atoms with Gasteiger partial charge in [-0.2, -0.15) is 0 Å². The van der Waals surface area contributed by atoms with Gasteiger partial charge in [0.25, 0.3) is 0 Å². The maximum atomic E-state index is 6.33. The Kier molecular flexibility index (Phi) is 23.8. The third-order valence-corrected chi connectivity index (χ3v) is 26.8. The van der Waals surface area contributed by atoms with Gasteiger partial charge in [-0.05, 0) is 203 Å². The summed E-state index contributed by atoms with van der Waals surface area (Å²) in [5.74, 6) is 3.97. The summed E-state index contributed by atoms with van der Waals surface area (Å²) < 4.78 is 18.6. The molecule has 0 radical (unpaired) electrons. The zero-order valence-electron chi connectivity index (χ0n) is 79.5. The molecule has 6 aromatic heterocycles. The molecular weight excluding hydrogens is 1800 g/mol. The van der Waals surface area contributed by atoms with Crippen LogP contribution in [-0.2, 0) is 0 Å². The molecule has 0 saturated heterocycles. The van der Waals surface area contributed by atoms with Crippen LogP contribution in [-0.4, -0.2) is 44.9 Å². The molecule has 0 N–H and O–H groups in total. The van der Waals surface area contributed by atoms with E-state index in [9.17, 15) is 0 Å². The third-order valence-electron chi connectivity index (χ3n) is 26.8. The van der Waals surface area contributed by atoms with E-state index in [-0.39, 0.29) is 0 Å². The van der Waals surface area contributed by atoms with E-state index in [1.165, 1.54) is 16.7 Å². The summed E-state index contributed by atoms with van der Waals surface area (Å²) in [6.45, 7) is 0. The van der Waals surface area contributed by atoms with Crippen LogP contribution in [0.1, 0.15) is 0 Å². The van der Waals surface area contributed by atoms with Crippen molar-refractivity contribution in [1.82, 2.24) is 44.9 Å². The minimum Gasteiger partial charge on any atom is -0.436 e. The van der Waals surface area contributed by atoms with Gasteiger partial charge >= 0.3 is 0 Å². The summed E-state index contributed by atoms with van der Waals surface area (Å²) in [5.41, 5.74) is 35.7. The lowest BCUT2D eigenvalue weighted by molar-refractivity contribution is 0.619. The van der Waals surface area contributed by atoms with Gasteiger partial charge in [-0.1, -0.05) is 413 Å². The fourth-order valence-electron chi connectivity index (χ4n) is 19.1. The van der Waals surface area contributed by atoms with Crippen LogP contribution in [0, 0.1) is 0 Å². The molecule has 0 bridgehead atoms. The molecule has 0 amide bonds. The van der Waals surface area contributed by atoms with E-state index in [2.05, 4.69) is 334 Å². The van der Waals surface area contributed by atoms with Gasteiger partial charge in [-0.3, -0.25) is 0 Å². The summed E-state index contributed by atoms with van der Waals surface area (Å²) in [6, 6.07) is 182. The Morgan fingerprint density at radius 3 is 0.762 bits per heavy atom. The van der Waals surface area contributed by atoms with Gasteiger partial charge in [0, 0.05) is 77.9 Å². The molecule has 12 nitrogen and oxygen atoms in total. The molecule has 0 unspecified atom stereocenters. The zero-order valence-corrected chi connectivity index (χ0v) is 79.5. The number of fused-ring (bicyclic) bond motifs is 6. The number of nitrogens with zero attached hydrogens (tertiary/aromatic N) is 9. The molecule has 12 heteroatoms. The maximum absolute atomic E-state index is 6.33. The largest absolute Gasteiger partial charge is 0.436 e. The fraction of sp³-hybridized carbons (Fsp3) is 0. The molecule has 27 rings (SSSR count). The molecule has 0 aliphatic carbocycles. The van der Waals surface area contributed by atoms with Gasteiger partial charge in [0.05, 0.1) is 34.2 Å². The Bertz CT molecular complexity index is 9110. The van der Waals surface area contributed by atoms with Crippen LogP contribution < -0.4 is 0 Å². The Hall–Kier alpha value is -20.0. The molecular formula is C135H87N9O3. The van der Waals surface area contributed by atoms with Crippen LogP contribution >= 0.6 is 0 Å². The third kappa shape index (κ3) is 18.8. The van der Waals surface area contributed by atoms with Gasteiger partial charge in [0.1, 0.15) is 16.6 Å². The van der Waals surface area contributed by atoms with Crippen LogP contribution in [0.4, 0.5) is 0 Å². The number of benzene rings is 21. The van der Waals surface area contributed by atoms with Crippen molar-refractivity contribution >= 4 is 65.6 Å². The normalized spacial score (nSPS) is 11.3. The molecule has 0 atom stereocenters. The Balaban J connectivity index is 0.000000115. The lowest BCUT2D eigenvalue weighted by atomic mass is 9.98. The predicted octanol–water partition coefficient (Wildman–Crippen LogP) is 35.3. The highest BCUT2D eigenvalue weighted by Crippen LogP contribution is 2.43. The van der Waals surface area contributed by atoms with Gasteiger partial charge in [0.15, 0.2) is 34.2 Å². The number of aromatic nitrogens is 9. The van der Waals surface area contributed by atoms with Crippen LogP contribution in [0.3, 0.4) is 0 Å². The van der Waals surface area contributed by atoms with Crippen LogP contribution in [0.15, 0.2) is 541 Å². The lowest BCUT2D eigenvalue weighted by Gasteiger charge is -2.11. The zero-order chi connectivity index (χ0) is 97.7. The quantitative estimate of drug-likeness (QED) is 0.0803. The summed E-state index contributed by atoms with van der Waals surface area (Å²) in [7, 11) is 0. The maximum Gasteiger partial charge on any atom is 0.227 e. The van der Waals surface area contributed by atoms with Crippen LogP contribution in [0.25, 0.3) is 268 Å². The van der Waals surface area contributed by atoms with E-state index in [4.69, 9.17) is 58.1 Å². The second-order valence-corrected chi connectivity index (χ2v) is 36.3. The van der Waals surface area contributed by atoms with Crippen molar-refractivity contribution in [2.24, 2.45) is 0 Å². The first-order valence-electron chi connectivity index (χ1n) is 49.0. The fourth-order valence-corrected chi connectivity index (χ4v) is 19.1. The molecule has 6 heterocycles. The lowest BCUT2D eigenvalue weighted by Crippen LogP contribution is -1.96. The smallest absolute Gasteiger partial charge is 0.227 e. The van der Waals surface area contributed by atoms with Crippen molar-refractivity contribution in [3.8, 4) is 203 Å². The summed E-state index contributed by atoms with van der Waals surface area (Å²) >= 11 is 0. The molecule has 21 aromatic carbocycles. The van der Waals surface area contributed by atoms with Gasteiger partial charge in [0.2, 0.25) is 17.7 Å². The SMILES string of the molecule is c1ccc(-c2ccc(-c3nc(-c4ccccc4)cc(-c4ccc5cc(-c6ccc7nc(-c8ccccc8)oc7c6)ccc5c4)n3)cc2)cc1.c1ccc(-c2ccc(-c3nc(-c4ccccc4)cc(-c4ccc5cc(-c6cccc7nc(-c8ccccc8)oc67)ccc5c4)n3)cc2)cc1.c1ccc(-c2ccc(-c3nc(-c4ccccc4)cc(-c4ccc5cc(-c6cccc7oc(-c8ccccc8)nc67)ccc5c4)n3)cc2)cc1. The minimum atomic E-state index is 0.625. The average Bonchev–Trinajstić information content (AvgIpc) is 1.76. The Labute approximate surface area is 848 Å². The number of hydrogen-bond acceptors (Lipinski definition) is 12.